The average Bonchev–Trinajstić information content (AvgIpc) is 2.74. The van der Waals surface area contributed by atoms with E-state index in [0.29, 0.717) is 18.8 Å². The van der Waals surface area contributed by atoms with Crippen molar-refractivity contribution >= 4 is 15.9 Å². The molecule has 3 N–H and O–H groups in total. The van der Waals surface area contributed by atoms with Crippen molar-refractivity contribution in [3.8, 4) is 0 Å². The van der Waals surface area contributed by atoms with E-state index in [1.807, 2.05) is 6.92 Å². The summed E-state index contributed by atoms with van der Waals surface area (Å²) < 4.78 is 28.2. The van der Waals surface area contributed by atoms with Crippen LogP contribution in [0.25, 0.3) is 0 Å². The minimum absolute atomic E-state index is 0.0297. The summed E-state index contributed by atoms with van der Waals surface area (Å²) in [6.45, 7) is 4.58. The van der Waals surface area contributed by atoms with E-state index in [0.717, 1.165) is 6.42 Å². The molecule has 0 radical (unpaired) electrons. The molecular formula is C13H18N2O4S. The first-order valence-corrected chi connectivity index (χ1v) is 7.80. The number of nitrogens with one attached hydrogen (secondary N) is 1. The summed E-state index contributed by atoms with van der Waals surface area (Å²) in [5, 5.41) is 8.01. The molecule has 1 atom stereocenters. The van der Waals surface area contributed by atoms with Gasteiger partial charge in [-0.25, -0.2) is 13.6 Å². The zero-order valence-corrected chi connectivity index (χ0v) is 12.3. The number of sulfonamides is 1. The fraction of sp³-hybridized carbons (Fsp3) is 0.462. The van der Waals surface area contributed by atoms with E-state index in [9.17, 15) is 13.2 Å². The van der Waals surface area contributed by atoms with Crippen LogP contribution in [-0.4, -0.2) is 33.1 Å². The molecule has 1 heterocycles. The average molecular weight is 298 g/mol. The van der Waals surface area contributed by atoms with Gasteiger partial charge in [0.25, 0.3) is 5.91 Å². The lowest BCUT2D eigenvalue weighted by molar-refractivity contribution is 0.0889. The van der Waals surface area contributed by atoms with Gasteiger partial charge >= 0.3 is 0 Å². The number of amides is 1. The number of aryl methyl sites for hydroxylation is 1. The van der Waals surface area contributed by atoms with Crippen LogP contribution in [0.3, 0.4) is 0 Å². The molecule has 1 aliphatic heterocycles. The third-order valence-corrected chi connectivity index (χ3v) is 4.44. The Morgan fingerprint density at radius 1 is 1.45 bits per heavy atom. The lowest BCUT2D eigenvalue weighted by atomic mass is 10.0. The van der Waals surface area contributed by atoms with Crippen molar-refractivity contribution in [2.45, 2.75) is 30.7 Å². The van der Waals surface area contributed by atoms with Crippen LogP contribution in [0.15, 0.2) is 23.1 Å². The van der Waals surface area contributed by atoms with Gasteiger partial charge in [-0.15, -0.1) is 0 Å². The molecule has 1 unspecified atom stereocenters. The molecule has 1 amide bonds. The maximum atomic E-state index is 12.2. The van der Waals surface area contributed by atoms with Gasteiger partial charge in [-0.1, -0.05) is 6.07 Å². The largest absolute Gasteiger partial charge is 0.379 e. The first-order valence-electron chi connectivity index (χ1n) is 6.25. The molecule has 0 aromatic heterocycles. The number of carbonyl (C=O) groups is 1. The Balaban J connectivity index is 2.27. The Hall–Kier alpha value is -1.44. The summed E-state index contributed by atoms with van der Waals surface area (Å²) in [4.78, 5) is 12.2. The third-order valence-electron chi connectivity index (χ3n) is 3.39. The van der Waals surface area contributed by atoms with Crippen LogP contribution in [0.5, 0.6) is 0 Å². The summed E-state index contributed by atoms with van der Waals surface area (Å²) in [7, 11) is -3.84. The lowest BCUT2D eigenvalue weighted by Crippen LogP contribution is -2.46. The number of hydrogen-bond acceptors (Lipinski definition) is 4. The fourth-order valence-electron chi connectivity index (χ4n) is 2.16. The summed E-state index contributed by atoms with van der Waals surface area (Å²) in [6, 6.07) is 4.46. The second-order valence-corrected chi connectivity index (χ2v) is 6.87. The first-order chi connectivity index (χ1) is 9.21. The minimum Gasteiger partial charge on any atom is -0.379 e. The zero-order chi connectivity index (χ0) is 15.0. The van der Waals surface area contributed by atoms with Crippen molar-refractivity contribution in [3.63, 3.8) is 0 Å². The van der Waals surface area contributed by atoms with Crippen LogP contribution in [0.2, 0.25) is 0 Å². The van der Waals surface area contributed by atoms with Crippen LogP contribution in [0.4, 0.5) is 0 Å². The number of carbonyl (C=O) groups excluding carboxylic acids is 1. The van der Waals surface area contributed by atoms with E-state index in [2.05, 4.69) is 5.32 Å². The highest BCUT2D eigenvalue weighted by Gasteiger charge is 2.31. The highest BCUT2D eigenvalue weighted by atomic mass is 32.2. The summed E-state index contributed by atoms with van der Waals surface area (Å²) >= 11 is 0. The lowest BCUT2D eigenvalue weighted by Gasteiger charge is -2.23. The van der Waals surface area contributed by atoms with Gasteiger partial charge in [-0.2, -0.15) is 0 Å². The molecule has 110 valence electrons. The highest BCUT2D eigenvalue weighted by molar-refractivity contribution is 7.89. The molecule has 0 aliphatic carbocycles. The first kappa shape index (κ1) is 15.0. The third kappa shape index (κ3) is 3.17. The molecule has 0 spiro atoms. The number of primary sulfonamides is 1. The smallest absolute Gasteiger partial charge is 0.251 e. The van der Waals surface area contributed by atoms with Gasteiger partial charge in [-0.3, -0.25) is 4.79 Å². The van der Waals surface area contributed by atoms with Crippen molar-refractivity contribution in [1.82, 2.24) is 5.32 Å². The normalized spacial score (nSPS) is 22.8. The van der Waals surface area contributed by atoms with Crippen molar-refractivity contribution < 1.29 is 17.9 Å². The number of nitrogens with two attached hydrogens (primary N) is 1. The van der Waals surface area contributed by atoms with Crippen molar-refractivity contribution in [1.29, 1.82) is 0 Å². The monoisotopic (exact) mass is 298 g/mol. The molecule has 0 saturated carbocycles. The Morgan fingerprint density at radius 2 is 2.15 bits per heavy atom. The number of ether oxygens (including phenoxy) is 1. The SMILES string of the molecule is Cc1ccc(C(=O)NC2(C)CCOC2)cc1S(N)(=O)=O. The van der Waals surface area contributed by atoms with Crippen LogP contribution in [0.1, 0.15) is 29.3 Å². The van der Waals surface area contributed by atoms with Crippen molar-refractivity contribution in [2.24, 2.45) is 5.14 Å². The van der Waals surface area contributed by atoms with Gasteiger partial charge < -0.3 is 10.1 Å². The second-order valence-electron chi connectivity index (χ2n) is 5.34. The molecule has 1 saturated heterocycles. The molecule has 20 heavy (non-hydrogen) atoms. The molecular weight excluding hydrogens is 280 g/mol. The van der Waals surface area contributed by atoms with Gasteiger partial charge in [0.15, 0.2) is 0 Å². The molecule has 1 aliphatic rings. The molecule has 2 rings (SSSR count). The van der Waals surface area contributed by atoms with E-state index in [4.69, 9.17) is 9.88 Å². The van der Waals surface area contributed by atoms with Crippen molar-refractivity contribution in [3.05, 3.63) is 29.3 Å². The van der Waals surface area contributed by atoms with Crippen LogP contribution < -0.4 is 10.5 Å². The van der Waals surface area contributed by atoms with Gasteiger partial charge in [-0.05, 0) is 38.0 Å². The molecule has 7 heteroatoms. The zero-order valence-electron chi connectivity index (χ0n) is 11.5. The number of benzene rings is 1. The van der Waals surface area contributed by atoms with E-state index in [-0.39, 0.29) is 16.4 Å². The molecule has 1 fully saturated rings. The number of rotatable bonds is 3. The Labute approximate surface area is 118 Å². The number of hydrogen-bond donors (Lipinski definition) is 2. The minimum atomic E-state index is -3.84. The van der Waals surface area contributed by atoms with Gasteiger partial charge in [0.2, 0.25) is 10.0 Å². The van der Waals surface area contributed by atoms with Crippen LogP contribution in [0, 0.1) is 6.92 Å². The Kier molecular flexibility index (Phi) is 3.86. The van der Waals surface area contributed by atoms with E-state index in [1.54, 1.807) is 19.1 Å². The second kappa shape index (κ2) is 5.16. The van der Waals surface area contributed by atoms with Gasteiger partial charge in [0, 0.05) is 12.2 Å². The topological polar surface area (TPSA) is 98.5 Å². The summed E-state index contributed by atoms with van der Waals surface area (Å²) in [6.07, 6.45) is 0.729. The van der Waals surface area contributed by atoms with E-state index < -0.39 is 15.6 Å². The fourth-order valence-corrected chi connectivity index (χ4v) is 2.97. The highest BCUT2D eigenvalue weighted by Crippen LogP contribution is 2.20. The quantitative estimate of drug-likeness (QED) is 0.851. The summed E-state index contributed by atoms with van der Waals surface area (Å²) in [5.41, 5.74) is 0.371. The van der Waals surface area contributed by atoms with Crippen molar-refractivity contribution in [2.75, 3.05) is 13.2 Å². The maximum Gasteiger partial charge on any atom is 0.251 e. The summed E-state index contributed by atoms with van der Waals surface area (Å²) in [5.74, 6) is -0.331. The van der Waals surface area contributed by atoms with Gasteiger partial charge in [0.1, 0.15) is 0 Å². The maximum absolute atomic E-state index is 12.2. The Morgan fingerprint density at radius 3 is 2.70 bits per heavy atom. The predicted octanol–water partition coefficient (Wildman–Crippen LogP) is 0.551. The van der Waals surface area contributed by atoms with E-state index >= 15 is 0 Å². The Bertz CT molecular complexity index is 634. The molecule has 6 nitrogen and oxygen atoms in total. The standard InChI is InChI=1S/C13H18N2O4S/c1-9-3-4-10(7-11(9)20(14,17)18)12(16)15-13(2)5-6-19-8-13/h3-4,7H,5-6,8H2,1-2H3,(H,15,16)(H2,14,17,18). The van der Waals surface area contributed by atoms with E-state index in [1.165, 1.54) is 6.07 Å². The predicted molar refractivity (Wildman–Crippen MR) is 73.9 cm³/mol. The van der Waals surface area contributed by atoms with Crippen LogP contribution >= 0.6 is 0 Å². The van der Waals surface area contributed by atoms with Crippen LogP contribution in [-0.2, 0) is 14.8 Å². The van der Waals surface area contributed by atoms with Gasteiger partial charge in [0.05, 0.1) is 17.0 Å². The molecule has 0 bridgehead atoms. The molecule has 1 aromatic rings. The molecule has 1 aromatic carbocycles.